The quantitative estimate of drug-likeness (QED) is 0.877. The van der Waals surface area contributed by atoms with Gasteiger partial charge in [-0.3, -0.25) is 4.98 Å². The molecule has 0 bridgehead atoms. The van der Waals surface area contributed by atoms with Gasteiger partial charge in [0.2, 0.25) is 0 Å². The van der Waals surface area contributed by atoms with Crippen LogP contribution in [0.2, 0.25) is 0 Å². The van der Waals surface area contributed by atoms with Gasteiger partial charge in [-0.2, -0.15) is 0 Å². The van der Waals surface area contributed by atoms with Crippen molar-refractivity contribution in [3.63, 3.8) is 0 Å². The predicted molar refractivity (Wildman–Crippen MR) is 107 cm³/mol. The summed E-state index contributed by atoms with van der Waals surface area (Å²) in [5.41, 5.74) is 5.00. The lowest BCUT2D eigenvalue weighted by atomic mass is 9.80. The molecule has 0 aromatic carbocycles. The van der Waals surface area contributed by atoms with Gasteiger partial charge in [-0.05, 0) is 67.7 Å². The monoisotopic (exact) mass is 368 g/mol. The van der Waals surface area contributed by atoms with Gasteiger partial charge in [-0.25, -0.2) is 0 Å². The van der Waals surface area contributed by atoms with E-state index in [9.17, 15) is 5.11 Å². The molecule has 1 saturated heterocycles. The maximum absolute atomic E-state index is 10.5. The number of aliphatic hydroxyl groups is 1. The van der Waals surface area contributed by atoms with Crippen molar-refractivity contribution in [2.75, 3.05) is 26.2 Å². The van der Waals surface area contributed by atoms with E-state index in [4.69, 9.17) is 4.74 Å². The molecule has 2 atom stereocenters. The molecule has 1 N–H and O–H groups in total. The number of likely N-dealkylation sites (tertiary alicyclic amines) is 1. The Morgan fingerprint density at radius 3 is 2.93 bits per heavy atom. The van der Waals surface area contributed by atoms with Crippen LogP contribution in [-0.2, 0) is 11.2 Å². The molecule has 2 aliphatic heterocycles. The van der Waals surface area contributed by atoms with Crippen molar-refractivity contribution in [3.8, 4) is 0 Å². The first kappa shape index (κ1) is 18.9. The predicted octanol–water partition coefficient (Wildman–Crippen LogP) is 3.82. The lowest BCUT2D eigenvalue weighted by Gasteiger charge is -2.42. The zero-order valence-corrected chi connectivity index (χ0v) is 16.7. The molecule has 1 aromatic heterocycles. The Kier molecular flexibility index (Phi) is 5.49. The Morgan fingerprint density at radius 1 is 1.37 bits per heavy atom. The molecule has 0 amide bonds. The Hall–Kier alpha value is -1.49. The summed E-state index contributed by atoms with van der Waals surface area (Å²) in [7, 11) is 0. The van der Waals surface area contributed by atoms with Crippen molar-refractivity contribution in [1.29, 1.82) is 0 Å². The fourth-order valence-electron chi connectivity index (χ4n) is 5.37. The number of pyridine rings is 1. The van der Waals surface area contributed by atoms with Crippen LogP contribution in [0.5, 0.6) is 0 Å². The van der Waals surface area contributed by atoms with E-state index in [2.05, 4.69) is 41.9 Å². The summed E-state index contributed by atoms with van der Waals surface area (Å²) in [6.45, 7) is 8.34. The van der Waals surface area contributed by atoms with Crippen molar-refractivity contribution in [2.45, 2.75) is 57.7 Å². The first-order valence-corrected chi connectivity index (χ1v) is 10.5. The van der Waals surface area contributed by atoms with E-state index in [1.165, 1.54) is 16.7 Å². The average molecular weight is 369 g/mol. The molecule has 1 aromatic rings. The standard InChI is InChI=1S/C23H32N2O2/c1-3-6-19-16-27-23(20(19)4-2)8-11-25(12-9-23)15-17-13-18-7-5-10-24-22(18)21(26)14-17/h3,5-7,10,17,21,26H,4,8-9,11-16H2,1-2H3/b6-3-/t17-,21?/m1/s1. The van der Waals surface area contributed by atoms with Crippen LogP contribution < -0.4 is 0 Å². The maximum Gasteiger partial charge on any atom is 0.0965 e. The van der Waals surface area contributed by atoms with E-state index < -0.39 is 6.10 Å². The third kappa shape index (κ3) is 3.63. The van der Waals surface area contributed by atoms with Crippen LogP contribution in [0.15, 0.2) is 41.6 Å². The van der Waals surface area contributed by atoms with Crippen molar-refractivity contribution in [3.05, 3.63) is 52.9 Å². The van der Waals surface area contributed by atoms with Crippen LogP contribution in [0.3, 0.4) is 0 Å². The summed E-state index contributed by atoms with van der Waals surface area (Å²) >= 11 is 0. The highest BCUT2D eigenvalue weighted by Crippen LogP contribution is 2.42. The van der Waals surface area contributed by atoms with Crippen molar-refractivity contribution in [1.82, 2.24) is 9.88 Å². The second-order valence-electron chi connectivity index (χ2n) is 8.31. The van der Waals surface area contributed by atoms with E-state index in [-0.39, 0.29) is 5.60 Å². The zero-order chi connectivity index (χ0) is 18.9. The van der Waals surface area contributed by atoms with Crippen LogP contribution >= 0.6 is 0 Å². The fraction of sp³-hybridized carbons (Fsp3) is 0.609. The summed E-state index contributed by atoms with van der Waals surface area (Å²) in [5.74, 6) is 0.509. The second kappa shape index (κ2) is 7.86. The van der Waals surface area contributed by atoms with E-state index in [1.807, 2.05) is 6.07 Å². The molecule has 1 fully saturated rings. The number of nitrogens with zero attached hydrogens (tertiary/aromatic N) is 2. The smallest absolute Gasteiger partial charge is 0.0965 e. The molecule has 4 nitrogen and oxygen atoms in total. The number of hydrogen-bond acceptors (Lipinski definition) is 4. The SMILES string of the molecule is C/C=C\C1=C(CC)C2(CCN(C[C@@H]3Cc4cccnc4C(O)C3)CC2)OC1. The highest BCUT2D eigenvalue weighted by Gasteiger charge is 2.43. The van der Waals surface area contributed by atoms with Gasteiger partial charge in [0.1, 0.15) is 0 Å². The first-order chi connectivity index (χ1) is 13.1. The summed E-state index contributed by atoms with van der Waals surface area (Å²) < 4.78 is 6.35. The van der Waals surface area contributed by atoms with E-state index in [0.717, 1.165) is 64.0 Å². The summed E-state index contributed by atoms with van der Waals surface area (Å²) in [6.07, 6.45) is 10.9. The fourth-order valence-corrected chi connectivity index (χ4v) is 5.37. The van der Waals surface area contributed by atoms with Gasteiger partial charge in [0, 0.05) is 25.8 Å². The number of rotatable bonds is 4. The number of piperidine rings is 1. The molecule has 27 heavy (non-hydrogen) atoms. The highest BCUT2D eigenvalue weighted by atomic mass is 16.5. The van der Waals surface area contributed by atoms with Crippen LogP contribution in [-0.4, -0.2) is 46.8 Å². The minimum Gasteiger partial charge on any atom is -0.387 e. The third-order valence-corrected chi connectivity index (χ3v) is 6.65. The van der Waals surface area contributed by atoms with Gasteiger partial charge < -0.3 is 14.7 Å². The van der Waals surface area contributed by atoms with Gasteiger partial charge >= 0.3 is 0 Å². The molecule has 3 heterocycles. The Morgan fingerprint density at radius 2 is 2.19 bits per heavy atom. The zero-order valence-electron chi connectivity index (χ0n) is 16.7. The Balaban J connectivity index is 1.38. The van der Waals surface area contributed by atoms with Crippen molar-refractivity contribution in [2.24, 2.45) is 5.92 Å². The number of hydrogen-bond donors (Lipinski definition) is 1. The molecule has 4 heteroatoms. The Labute approximate surface area is 162 Å². The third-order valence-electron chi connectivity index (χ3n) is 6.65. The number of ether oxygens (including phenoxy) is 1. The summed E-state index contributed by atoms with van der Waals surface area (Å²) in [6, 6.07) is 4.10. The maximum atomic E-state index is 10.5. The average Bonchev–Trinajstić information content (AvgIpc) is 3.01. The molecule has 1 spiro atoms. The molecule has 1 aliphatic carbocycles. The number of aromatic nitrogens is 1. The molecular formula is C23H32N2O2. The lowest BCUT2D eigenvalue weighted by molar-refractivity contribution is -0.0357. The van der Waals surface area contributed by atoms with Crippen LogP contribution in [0.4, 0.5) is 0 Å². The van der Waals surface area contributed by atoms with E-state index >= 15 is 0 Å². The molecule has 4 rings (SSSR count). The normalized spacial score (nSPS) is 28.3. The highest BCUT2D eigenvalue weighted by molar-refractivity contribution is 5.37. The molecular weight excluding hydrogens is 336 g/mol. The molecule has 1 unspecified atom stereocenters. The van der Waals surface area contributed by atoms with Gasteiger partial charge in [-0.15, -0.1) is 0 Å². The van der Waals surface area contributed by atoms with Crippen LogP contribution in [0, 0.1) is 5.92 Å². The number of allylic oxidation sites excluding steroid dienone is 1. The van der Waals surface area contributed by atoms with Gasteiger partial charge in [0.25, 0.3) is 0 Å². The van der Waals surface area contributed by atoms with Gasteiger partial charge in [0.05, 0.1) is 24.0 Å². The second-order valence-corrected chi connectivity index (χ2v) is 8.31. The van der Waals surface area contributed by atoms with Gasteiger partial charge in [0.15, 0.2) is 0 Å². The summed E-state index contributed by atoms with van der Waals surface area (Å²) in [5, 5.41) is 10.5. The van der Waals surface area contributed by atoms with E-state index in [0.29, 0.717) is 5.92 Å². The van der Waals surface area contributed by atoms with Crippen LogP contribution in [0.1, 0.15) is 56.9 Å². The van der Waals surface area contributed by atoms with E-state index in [1.54, 1.807) is 6.20 Å². The lowest BCUT2D eigenvalue weighted by Crippen LogP contribution is -2.47. The minimum absolute atomic E-state index is 0.0251. The van der Waals surface area contributed by atoms with Crippen molar-refractivity contribution < 1.29 is 9.84 Å². The molecule has 3 aliphatic rings. The summed E-state index contributed by atoms with van der Waals surface area (Å²) in [4.78, 5) is 6.96. The number of fused-ring (bicyclic) bond motifs is 1. The van der Waals surface area contributed by atoms with Gasteiger partial charge in [-0.1, -0.05) is 25.1 Å². The molecule has 0 saturated carbocycles. The first-order valence-electron chi connectivity index (χ1n) is 10.5. The van der Waals surface area contributed by atoms with Crippen LogP contribution in [0.25, 0.3) is 0 Å². The Bertz CT molecular complexity index is 732. The number of aliphatic hydroxyl groups excluding tert-OH is 1. The molecule has 146 valence electrons. The molecule has 0 radical (unpaired) electrons. The largest absolute Gasteiger partial charge is 0.387 e. The minimum atomic E-state index is -0.410. The topological polar surface area (TPSA) is 45.6 Å². The van der Waals surface area contributed by atoms with Crippen molar-refractivity contribution >= 4 is 0 Å².